The molecule has 122 valence electrons. The summed E-state index contributed by atoms with van der Waals surface area (Å²) in [6.45, 7) is 0. The molecule has 1 aliphatic carbocycles. The Balaban J connectivity index is 2.21. The molecule has 23 heavy (non-hydrogen) atoms. The summed E-state index contributed by atoms with van der Waals surface area (Å²) in [6, 6.07) is 4.41. The number of carbonyl (C=O) groups is 1. The van der Waals surface area contributed by atoms with Crippen molar-refractivity contribution in [3.63, 3.8) is 0 Å². The monoisotopic (exact) mass is 324 g/mol. The van der Waals surface area contributed by atoms with E-state index in [1.807, 2.05) is 0 Å². The second-order valence-electron chi connectivity index (χ2n) is 5.86. The van der Waals surface area contributed by atoms with Crippen LogP contribution in [0.3, 0.4) is 0 Å². The standard InChI is InChI=1S/C16H15F3N2O2/c1-21(2)11-5-6-13-12(9-11)15(16(17,18)19,23-14(22)20-13)8-7-10-3-4-10/h5-6,9-10H,3-4H2,1-2H3,(H,20,22)/t15-/m0/s1. The maximum atomic E-state index is 13.8. The fourth-order valence-corrected chi connectivity index (χ4v) is 2.35. The first-order valence-corrected chi connectivity index (χ1v) is 7.14. The third-order valence-electron chi connectivity index (χ3n) is 3.81. The Bertz CT molecular complexity index is 714. The number of carbonyl (C=O) groups excluding carboxylic acids is 1. The van der Waals surface area contributed by atoms with E-state index in [-0.39, 0.29) is 17.2 Å². The van der Waals surface area contributed by atoms with Crippen molar-refractivity contribution in [3.05, 3.63) is 23.8 Å². The smallest absolute Gasteiger partial charge is 0.415 e. The predicted molar refractivity (Wildman–Crippen MR) is 79.1 cm³/mol. The molecular formula is C16H15F3N2O2. The quantitative estimate of drug-likeness (QED) is 0.804. The summed E-state index contributed by atoms with van der Waals surface area (Å²) in [6.07, 6.45) is -4.44. The van der Waals surface area contributed by atoms with Crippen LogP contribution in [-0.4, -0.2) is 26.4 Å². The molecular weight excluding hydrogens is 309 g/mol. The first kappa shape index (κ1) is 15.5. The zero-order valence-corrected chi connectivity index (χ0v) is 12.6. The lowest BCUT2D eigenvalue weighted by Gasteiger charge is -2.36. The maximum Gasteiger partial charge on any atom is 0.445 e. The molecule has 0 aromatic heterocycles. The summed E-state index contributed by atoms with van der Waals surface area (Å²) in [4.78, 5) is 13.3. The maximum absolute atomic E-state index is 13.8. The molecule has 3 rings (SSSR count). The van der Waals surface area contributed by atoms with Gasteiger partial charge in [-0.15, -0.1) is 0 Å². The van der Waals surface area contributed by atoms with Crippen molar-refractivity contribution in [1.29, 1.82) is 0 Å². The van der Waals surface area contributed by atoms with Crippen molar-refractivity contribution in [2.45, 2.75) is 24.6 Å². The van der Waals surface area contributed by atoms with Crippen molar-refractivity contribution in [1.82, 2.24) is 0 Å². The predicted octanol–water partition coefficient (Wildman–Crippen LogP) is 3.49. The number of hydrogen-bond acceptors (Lipinski definition) is 3. The minimum absolute atomic E-state index is 0.0525. The molecule has 1 fully saturated rings. The number of amides is 1. The van der Waals surface area contributed by atoms with Gasteiger partial charge in [-0.2, -0.15) is 13.2 Å². The number of ether oxygens (including phenoxy) is 1. The van der Waals surface area contributed by atoms with Crippen LogP contribution in [-0.2, 0) is 10.3 Å². The molecule has 0 bridgehead atoms. The van der Waals surface area contributed by atoms with Crippen molar-refractivity contribution >= 4 is 17.5 Å². The van der Waals surface area contributed by atoms with Gasteiger partial charge in [-0.3, -0.25) is 5.32 Å². The molecule has 0 saturated heterocycles. The Morgan fingerprint density at radius 3 is 2.61 bits per heavy atom. The number of cyclic esters (lactones) is 1. The van der Waals surface area contributed by atoms with Gasteiger partial charge in [0.05, 0.1) is 5.69 Å². The van der Waals surface area contributed by atoms with Crippen LogP contribution in [0.1, 0.15) is 18.4 Å². The second-order valence-corrected chi connectivity index (χ2v) is 5.86. The van der Waals surface area contributed by atoms with Gasteiger partial charge in [-0.25, -0.2) is 4.79 Å². The molecule has 1 aromatic carbocycles. The van der Waals surface area contributed by atoms with Crippen LogP contribution < -0.4 is 10.2 Å². The molecule has 7 heteroatoms. The highest BCUT2D eigenvalue weighted by molar-refractivity contribution is 5.90. The zero-order chi connectivity index (χ0) is 16.8. The highest BCUT2D eigenvalue weighted by Crippen LogP contribution is 2.48. The summed E-state index contributed by atoms with van der Waals surface area (Å²) in [7, 11) is 3.43. The van der Waals surface area contributed by atoms with Gasteiger partial charge in [0.15, 0.2) is 0 Å². The lowest BCUT2D eigenvalue weighted by atomic mass is 9.89. The molecule has 4 nitrogen and oxygen atoms in total. The summed E-state index contributed by atoms with van der Waals surface area (Å²) in [5.74, 6) is 4.76. The van der Waals surface area contributed by atoms with Gasteiger partial charge >= 0.3 is 12.3 Å². The number of hydrogen-bond donors (Lipinski definition) is 1. The van der Waals surface area contributed by atoms with Gasteiger partial charge in [0, 0.05) is 31.3 Å². The molecule has 2 aliphatic rings. The lowest BCUT2D eigenvalue weighted by molar-refractivity contribution is -0.239. The summed E-state index contributed by atoms with van der Waals surface area (Å²) in [5.41, 5.74) is -2.50. The highest BCUT2D eigenvalue weighted by Gasteiger charge is 2.62. The van der Waals surface area contributed by atoms with E-state index >= 15 is 0 Å². The fourth-order valence-electron chi connectivity index (χ4n) is 2.35. The molecule has 1 heterocycles. The van der Waals surface area contributed by atoms with Gasteiger partial charge in [-0.05, 0) is 37.0 Å². The molecule has 1 atom stereocenters. The molecule has 1 aromatic rings. The van der Waals surface area contributed by atoms with E-state index in [2.05, 4.69) is 17.2 Å². The van der Waals surface area contributed by atoms with Crippen molar-refractivity contribution in [2.75, 3.05) is 24.3 Å². The third kappa shape index (κ3) is 2.69. The molecule has 1 saturated carbocycles. The van der Waals surface area contributed by atoms with Gasteiger partial charge in [0.2, 0.25) is 0 Å². The zero-order valence-electron chi connectivity index (χ0n) is 12.6. The van der Waals surface area contributed by atoms with Crippen LogP contribution in [0.25, 0.3) is 0 Å². The number of nitrogens with zero attached hydrogens (tertiary/aromatic N) is 1. The third-order valence-corrected chi connectivity index (χ3v) is 3.81. The summed E-state index contributed by atoms with van der Waals surface area (Å²) >= 11 is 0. The van der Waals surface area contributed by atoms with Crippen LogP contribution in [0.2, 0.25) is 0 Å². The Labute approximate surface area is 131 Å². The average molecular weight is 324 g/mol. The number of rotatable bonds is 1. The number of alkyl halides is 3. The number of halogens is 3. The lowest BCUT2D eigenvalue weighted by Crippen LogP contribution is -2.49. The first-order valence-electron chi connectivity index (χ1n) is 7.14. The van der Waals surface area contributed by atoms with Crippen LogP contribution >= 0.6 is 0 Å². The molecule has 1 aliphatic heterocycles. The van der Waals surface area contributed by atoms with E-state index in [4.69, 9.17) is 4.74 Å². The van der Waals surface area contributed by atoms with E-state index in [1.165, 1.54) is 12.1 Å². The highest BCUT2D eigenvalue weighted by atomic mass is 19.4. The van der Waals surface area contributed by atoms with Crippen LogP contribution in [0.5, 0.6) is 0 Å². The van der Waals surface area contributed by atoms with E-state index in [0.29, 0.717) is 5.69 Å². The van der Waals surface area contributed by atoms with Crippen LogP contribution in [0.4, 0.5) is 29.3 Å². The van der Waals surface area contributed by atoms with Gasteiger partial charge in [-0.1, -0.05) is 5.92 Å². The van der Waals surface area contributed by atoms with Gasteiger partial charge < -0.3 is 9.64 Å². The van der Waals surface area contributed by atoms with Gasteiger partial charge in [0.1, 0.15) is 0 Å². The number of benzene rings is 1. The van der Waals surface area contributed by atoms with Crippen LogP contribution in [0.15, 0.2) is 18.2 Å². The molecule has 1 amide bonds. The largest absolute Gasteiger partial charge is 0.445 e. The SMILES string of the molecule is CN(C)c1ccc2c(c1)[C@@](C#CC1CC1)(C(F)(F)F)OC(=O)N2. The van der Waals surface area contributed by atoms with Crippen molar-refractivity contribution < 1.29 is 22.7 Å². The first-order chi connectivity index (χ1) is 10.7. The van der Waals surface area contributed by atoms with E-state index in [1.54, 1.807) is 25.1 Å². The molecule has 0 unspecified atom stereocenters. The molecule has 0 radical (unpaired) electrons. The minimum Gasteiger partial charge on any atom is -0.415 e. The summed E-state index contributed by atoms with van der Waals surface area (Å²) in [5, 5.41) is 2.31. The second kappa shape index (κ2) is 5.08. The van der Waals surface area contributed by atoms with Gasteiger partial charge in [0.25, 0.3) is 5.60 Å². The Hall–Kier alpha value is -2.36. The Morgan fingerprint density at radius 2 is 2.04 bits per heavy atom. The number of fused-ring (bicyclic) bond motifs is 1. The Kier molecular flexibility index (Phi) is 3.43. The van der Waals surface area contributed by atoms with Crippen molar-refractivity contribution in [3.8, 4) is 11.8 Å². The molecule has 0 spiro atoms. The fraction of sp³-hybridized carbons (Fsp3) is 0.438. The average Bonchev–Trinajstić information content (AvgIpc) is 3.26. The van der Waals surface area contributed by atoms with Crippen LogP contribution in [0, 0.1) is 17.8 Å². The molecule has 1 N–H and O–H groups in total. The normalized spacial score (nSPS) is 23.1. The number of nitrogens with one attached hydrogen (secondary N) is 1. The van der Waals surface area contributed by atoms with E-state index < -0.39 is 17.9 Å². The Morgan fingerprint density at radius 1 is 1.35 bits per heavy atom. The van der Waals surface area contributed by atoms with E-state index in [0.717, 1.165) is 12.8 Å². The van der Waals surface area contributed by atoms with E-state index in [9.17, 15) is 18.0 Å². The topological polar surface area (TPSA) is 41.6 Å². The van der Waals surface area contributed by atoms with Crippen molar-refractivity contribution in [2.24, 2.45) is 5.92 Å². The minimum atomic E-state index is -4.84. The number of anilines is 2. The summed E-state index contributed by atoms with van der Waals surface area (Å²) < 4.78 is 46.2.